The monoisotopic (exact) mass is 275 g/mol. The van der Waals surface area contributed by atoms with E-state index in [4.69, 9.17) is 5.10 Å². The zero-order valence-corrected chi connectivity index (χ0v) is 11.7. The van der Waals surface area contributed by atoms with Crippen LogP contribution >= 0.6 is 0 Å². The fourth-order valence-corrected chi connectivity index (χ4v) is 2.44. The van der Waals surface area contributed by atoms with Crippen LogP contribution in [0.15, 0.2) is 66.7 Å². The molecule has 1 aliphatic carbocycles. The summed E-state index contributed by atoms with van der Waals surface area (Å²) in [5.74, 6) is 1.07. The van der Waals surface area contributed by atoms with Crippen LogP contribution in [-0.2, 0) is 0 Å². The molecule has 21 heavy (non-hydrogen) atoms. The van der Waals surface area contributed by atoms with Crippen LogP contribution in [0.25, 0.3) is 16.9 Å². The Morgan fingerprint density at radius 3 is 2.24 bits per heavy atom. The molecule has 1 N–H and O–H groups in total. The molecule has 3 aromatic rings. The highest BCUT2D eigenvalue weighted by molar-refractivity contribution is 5.64. The average molecular weight is 275 g/mol. The summed E-state index contributed by atoms with van der Waals surface area (Å²) in [4.78, 5) is 0. The first-order valence-electron chi connectivity index (χ1n) is 7.37. The SMILES string of the molecule is c1ccc(-c2cc(NC3CC3)n(-c3ccccc3)n2)cc1. The van der Waals surface area contributed by atoms with Crippen molar-refractivity contribution in [1.29, 1.82) is 0 Å². The normalized spacial score (nSPS) is 14.1. The standard InChI is InChI=1S/C18H17N3/c1-3-7-14(8-4-1)17-13-18(19-15-11-12-15)21(20-17)16-9-5-2-6-10-16/h1-10,13,15,19H,11-12H2. The third-order valence-corrected chi connectivity index (χ3v) is 3.71. The van der Waals surface area contributed by atoms with Crippen molar-refractivity contribution in [2.75, 3.05) is 5.32 Å². The van der Waals surface area contributed by atoms with Gasteiger partial charge in [-0.15, -0.1) is 0 Å². The Hall–Kier alpha value is -2.55. The Kier molecular flexibility index (Phi) is 2.96. The topological polar surface area (TPSA) is 29.9 Å². The summed E-state index contributed by atoms with van der Waals surface area (Å²) in [6.45, 7) is 0. The first-order valence-corrected chi connectivity index (χ1v) is 7.37. The Morgan fingerprint density at radius 1 is 0.905 bits per heavy atom. The molecule has 0 aliphatic heterocycles. The number of anilines is 1. The van der Waals surface area contributed by atoms with Crippen LogP contribution in [0, 0.1) is 0 Å². The summed E-state index contributed by atoms with van der Waals surface area (Å²) in [6.07, 6.45) is 2.50. The van der Waals surface area contributed by atoms with Crippen molar-refractivity contribution < 1.29 is 0 Å². The lowest BCUT2D eigenvalue weighted by Crippen LogP contribution is -2.07. The maximum Gasteiger partial charge on any atom is 0.130 e. The summed E-state index contributed by atoms with van der Waals surface area (Å²) in [5.41, 5.74) is 3.23. The van der Waals surface area contributed by atoms with Gasteiger partial charge >= 0.3 is 0 Å². The van der Waals surface area contributed by atoms with Crippen LogP contribution in [0.5, 0.6) is 0 Å². The third-order valence-electron chi connectivity index (χ3n) is 3.71. The number of hydrogen-bond acceptors (Lipinski definition) is 2. The molecular weight excluding hydrogens is 258 g/mol. The zero-order valence-electron chi connectivity index (χ0n) is 11.7. The van der Waals surface area contributed by atoms with Crippen LogP contribution in [0.2, 0.25) is 0 Å². The van der Waals surface area contributed by atoms with Gasteiger partial charge in [0.15, 0.2) is 0 Å². The van der Waals surface area contributed by atoms with Crippen molar-refractivity contribution in [3.05, 3.63) is 66.7 Å². The first kappa shape index (κ1) is 12.2. The van der Waals surface area contributed by atoms with Gasteiger partial charge in [0.1, 0.15) is 5.82 Å². The lowest BCUT2D eigenvalue weighted by molar-refractivity contribution is 0.877. The molecule has 0 saturated heterocycles. The Labute approximate surface area is 124 Å². The molecule has 0 spiro atoms. The van der Waals surface area contributed by atoms with Crippen molar-refractivity contribution in [1.82, 2.24) is 9.78 Å². The molecule has 1 aliphatic rings. The van der Waals surface area contributed by atoms with Crippen LogP contribution in [0.1, 0.15) is 12.8 Å². The third kappa shape index (κ3) is 2.55. The van der Waals surface area contributed by atoms with Gasteiger partial charge in [-0.1, -0.05) is 48.5 Å². The van der Waals surface area contributed by atoms with E-state index in [0.29, 0.717) is 6.04 Å². The second-order valence-corrected chi connectivity index (χ2v) is 5.45. The average Bonchev–Trinajstić information content (AvgIpc) is 3.26. The van der Waals surface area contributed by atoms with E-state index in [1.807, 2.05) is 41.1 Å². The van der Waals surface area contributed by atoms with E-state index in [1.165, 1.54) is 12.8 Å². The molecule has 1 saturated carbocycles. The van der Waals surface area contributed by atoms with E-state index in [0.717, 1.165) is 22.8 Å². The van der Waals surface area contributed by atoms with E-state index in [-0.39, 0.29) is 0 Å². The minimum Gasteiger partial charge on any atom is -0.367 e. The number of hydrogen-bond donors (Lipinski definition) is 1. The van der Waals surface area contributed by atoms with E-state index < -0.39 is 0 Å². The number of para-hydroxylation sites is 1. The van der Waals surface area contributed by atoms with Crippen molar-refractivity contribution in [3.8, 4) is 16.9 Å². The van der Waals surface area contributed by atoms with E-state index in [9.17, 15) is 0 Å². The number of rotatable bonds is 4. The predicted octanol–water partition coefficient (Wildman–Crippen LogP) is 4.11. The molecule has 0 radical (unpaired) electrons. The van der Waals surface area contributed by atoms with E-state index >= 15 is 0 Å². The Balaban J connectivity index is 1.78. The molecule has 3 nitrogen and oxygen atoms in total. The zero-order chi connectivity index (χ0) is 14.1. The Morgan fingerprint density at radius 2 is 1.57 bits per heavy atom. The minimum absolute atomic E-state index is 0.604. The summed E-state index contributed by atoms with van der Waals surface area (Å²) in [7, 11) is 0. The molecule has 0 unspecified atom stereocenters. The smallest absolute Gasteiger partial charge is 0.130 e. The van der Waals surface area contributed by atoms with Crippen LogP contribution in [0.3, 0.4) is 0 Å². The van der Waals surface area contributed by atoms with Crippen molar-refractivity contribution in [3.63, 3.8) is 0 Å². The van der Waals surface area contributed by atoms with E-state index in [2.05, 4.69) is 35.6 Å². The number of nitrogens with one attached hydrogen (secondary N) is 1. The predicted molar refractivity (Wildman–Crippen MR) is 85.6 cm³/mol. The number of nitrogens with zero attached hydrogens (tertiary/aromatic N) is 2. The highest BCUT2D eigenvalue weighted by Gasteiger charge is 2.23. The quantitative estimate of drug-likeness (QED) is 0.776. The van der Waals surface area contributed by atoms with Crippen LogP contribution in [-0.4, -0.2) is 15.8 Å². The highest BCUT2D eigenvalue weighted by atomic mass is 15.3. The molecule has 4 rings (SSSR count). The first-order chi connectivity index (χ1) is 10.4. The van der Waals surface area contributed by atoms with Gasteiger partial charge in [0, 0.05) is 17.7 Å². The molecule has 1 aromatic heterocycles. The van der Waals surface area contributed by atoms with Gasteiger partial charge in [0.05, 0.1) is 11.4 Å². The molecular formula is C18H17N3. The lowest BCUT2D eigenvalue weighted by Gasteiger charge is -2.08. The minimum atomic E-state index is 0.604. The molecule has 1 heterocycles. The molecule has 104 valence electrons. The van der Waals surface area contributed by atoms with Crippen molar-refractivity contribution in [2.24, 2.45) is 0 Å². The van der Waals surface area contributed by atoms with Gasteiger partial charge < -0.3 is 5.32 Å². The van der Waals surface area contributed by atoms with Gasteiger partial charge in [-0.2, -0.15) is 5.10 Å². The Bertz CT molecular complexity index is 728. The highest BCUT2D eigenvalue weighted by Crippen LogP contribution is 2.29. The summed E-state index contributed by atoms with van der Waals surface area (Å²) in [5, 5.41) is 8.36. The number of benzene rings is 2. The number of aromatic nitrogens is 2. The lowest BCUT2D eigenvalue weighted by atomic mass is 10.2. The van der Waals surface area contributed by atoms with E-state index in [1.54, 1.807) is 0 Å². The molecule has 3 heteroatoms. The summed E-state index contributed by atoms with van der Waals surface area (Å²) in [6, 6.07) is 23.3. The van der Waals surface area contributed by atoms with Gasteiger partial charge in [-0.25, -0.2) is 4.68 Å². The molecule has 2 aromatic carbocycles. The van der Waals surface area contributed by atoms with Gasteiger partial charge in [-0.05, 0) is 25.0 Å². The fraction of sp³-hybridized carbons (Fsp3) is 0.167. The fourth-order valence-electron chi connectivity index (χ4n) is 2.44. The van der Waals surface area contributed by atoms with Gasteiger partial charge in [0.2, 0.25) is 0 Å². The van der Waals surface area contributed by atoms with Crippen LogP contribution in [0.4, 0.5) is 5.82 Å². The second-order valence-electron chi connectivity index (χ2n) is 5.45. The van der Waals surface area contributed by atoms with Gasteiger partial charge in [0.25, 0.3) is 0 Å². The molecule has 0 amide bonds. The maximum absolute atomic E-state index is 4.79. The van der Waals surface area contributed by atoms with Crippen LogP contribution < -0.4 is 5.32 Å². The maximum atomic E-state index is 4.79. The van der Waals surface area contributed by atoms with Crippen molar-refractivity contribution in [2.45, 2.75) is 18.9 Å². The summed E-state index contributed by atoms with van der Waals surface area (Å²) >= 11 is 0. The summed E-state index contributed by atoms with van der Waals surface area (Å²) < 4.78 is 2.00. The van der Waals surface area contributed by atoms with Gasteiger partial charge in [-0.3, -0.25) is 0 Å². The van der Waals surface area contributed by atoms with Crippen molar-refractivity contribution >= 4 is 5.82 Å². The largest absolute Gasteiger partial charge is 0.367 e. The molecule has 0 atom stereocenters. The molecule has 1 fully saturated rings. The molecule has 0 bridgehead atoms. The second kappa shape index (κ2) is 5.09.